The summed E-state index contributed by atoms with van der Waals surface area (Å²) < 4.78 is 1.80. The molecule has 2 aromatic rings. The summed E-state index contributed by atoms with van der Waals surface area (Å²) in [5.41, 5.74) is 2.37. The molecule has 3 rings (SSSR count). The van der Waals surface area contributed by atoms with E-state index < -0.39 is 0 Å². The van der Waals surface area contributed by atoms with Crippen molar-refractivity contribution in [2.45, 2.75) is 32.6 Å². The van der Waals surface area contributed by atoms with Gasteiger partial charge in [0.05, 0.1) is 18.4 Å². The Hall–Kier alpha value is -1.73. The summed E-state index contributed by atoms with van der Waals surface area (Å²) in [6.45, 7) is 3.48. The number of nitrogens with zero attached hydrogens (tertiary/aromatic N) is 4. The molecular formula is C17H25N5OS. The van der Waals surface area contributed by atoms with E-state index in [2.05, 4.69) is 22.3 Å². The molecule has 1 N–H and O–H groups in total. The number of likely N-dealkylation sites (N-methyl/N-ethyl adjacent to an activating group) is 1. The summed E-state index contributed by atoms with van der Waals surface area (Å²) in [7, 11) is 3.87. The minimum Gasteiger partial charge on any atom is -0.301 e. The predicted molar refractivity (Wildman–Crippen MR) is 96.3 cm³/mol. The van der Waals surface area contributed by atoms with Crippen LogP contribution in [-0.4, -0.2) is 45.7 Å². The van der Waals surface area contributed by atoms with Gasteiger partial charge in [0, 0.05) is 24.7 Å². The Morgan fingerprint density at radius 3 is 3.12 bits per heavy atom. The number of amides is 1. The van der Waals surface area contributed by atoms with Crippen LogP contribution in [0.1, 0.15) is 29.5 Å². The number of hydrogen-bond acceptors (Lipinski definition) is 5. The highest BCUT2D eigenvalue weighted by Crippen LogP contribution is 2.31. The van der Waals surface area contributed by atoms with Crippen LogP contribution in [-0.2, 0) is 31.1 Å². The molecule has 7 heteroatoms. The molecule has 2 aromatic heterocycles. The SMILES string of the molecule is CC1CCc2nc(NC(=O)CN(C)CCc3cnn(C)c3)sc2C1. The lowest BCUT2D eigenvalue weighted by molar-refractivity contribution is -0.117. The second-order valence-electron chi connectivity index (χ2n) is 6.80. The third kappa shape index (κ3) is 4.42. The number of carbonyl (C=O) groups is 1. The lowest BCUT2D eigenvalue weighted by Gasteiger charge is -2.15. The molecule has 0 fully saturated rings. The fourth-order valence-corrected chi connectivity index (χ4v) is 4.18. The molecular weight excluding hydrogens is 322 g/mol. The summed E-state index contributed by atoms with van der Waals surface area (Å²) in [6, 6.07) is 0. The lowest BCUT2D eigenvalue weighted by Crippen LogP contribution is -2.31. The summed E-state index contributed by atoms with van der Waals surface area (Å²) in [5.74, 6) is 0.725. The van der Waals surface area contributed by atoms with Gasteiger partial charge < -0.3 is 5.32 Å². The Labute approximate surface area is 146 Å². The van der Waals surface area contributed by atoms with Crippen molar-refractivity contribution < 1.29 is 4.79 Å². The molecule has 6 nitrogen and oxygen atoms in total. The molecule has 0 aromatic carbocycles. The summed E-state index contributed by atoms with van der Waals surface area (Å²) in [5, 5.41) is 7.87. The van der Waals surface area contributed by atoms with E-state index in [0.29, 0.717) is 6.54 Å². The Bertz CT molecular complexity index is 708. The molecule has 1 aliphatic rings. The van der Waals surface area contributed by atoms with Crippen LogP contribution >= 0.6 is 11.3 Å². The highest BCUT2D eigenvalue weighted by atomic mass is 32.1. The Morgan fingerprint density at radius 2 is 2.38 bits per heavy atom. The number of thiazole rings is 1. The van der Waals surface area contributed by atoms with Gasteiger partial charge in [-0.2, -0.15) is 5.10 Å². The molecule has 0 saturated heterocycles. The molecule has 0 radical (unpaired) electrons. The van der Waals surface area contributed by atoms with Gasteiger partial charge in [0.25, 0.3) is 0 Å². The monoisotopic (exact) mass is 347 g/mol. The maximum absolute atomic E-state index is 12.2. The van der Waals surface area contributed by atoms with E-state index in [1.165, 1.54) is 22.6 Å². The third-order valence-corrected chi connectivity index (χ3v) is 5.42. The van der Waals surface area contributed by atoms with Crippen LogP contribution in [0.4, 0.5) is 5.13 Å². The van der Waals surface area contributed by atoms with E-state index in [1.807, 2.05) is 31.4 Å². The Morgan fingerprint density at radius 1 is 1.54 bits per heavy atom. The predicted octanol–water partition coefficient (Wildman–Crippen LogP) is 2.11. The number of aryl methyl sites for hydroxylation is 2. The van der Waals surface area contributed by atoms with Crippen LogP contribution in [0.15, 0.2) is 12.4 Å². The number of rotatable bonds is 6. The molecule has 1 atom stereocenters. The van der Waals surface area contributed by atoms with Gasteiger partial charge in [-0.25, -0.2) is 4.98 Å². The number of hydrogen-bond donors (Lipinski definition) is 1. The zero-order chi connectivity index (χ0) is 17.1. The number of fused-ring (bicyclic) bond motifs is 1. The van der Waals surface area contributed by atoms with Crippen LogP contribution in [0.2, 0.25) is 0 Å². The fourth-order valence-electron chi connectivity index (χ4n) is 3.00. The zero-order valence-corrected chi connectivity index (χ0v) is 15.4. The second-order valence-corrected chi connectivity index (χ2v) is 7.88. The maximum Gasteiger partial charge on any atom is 0.240 e. The third-order valence-electron chi connectivity index (χ3n) is 4.39. The smallest absolute Gasteiger partial charge is 0.240 e. The fraction of sp³-hybridized carbons (Fsp3) is 0.588. The highest BCUT2D eigenvalue weighted by Gasteiger charge is 2.20. The number of aromatic nitrogens is 3. The van der Waals surface area contributed by atoms with Crippen LogP contribution in [0.25, 0.3) is 0 Å². The van der Waals surface area contributed by atoms with Gasteiger partial charge in [0.1, 0.15) is 0 Å². The molecule has 0 aliphatic heterocycles. The molecule has 0 saturated carbocycles. The van der Waals surface area contributed by atoms with E-state index in [0.717, 1.165) is 36.9 Å². The lowest BCUT2D eigenvalue weighted by atomic mass is 9.93. The van der Waals surface area contributed by atoms with E-state index >= 15 is 0 Å². The zero-order valence-electron chi connectivity index (χ0n) is 14.6. The maximum atomic E-state index is 12.2. The Balaban J connectivity index is 1.46. The first-order valence-corrected chi connectivity index (χ1v) is 9.25. The van der Waals surface area contributed by atoms with Gasteiger partial charge in [-0.05, 0) is 44.2 Å². The highest BCUT2D eigenvalue weighted by molar-refractivity contribution is 7.15. The number of carbonyl (C=O) groups excluding carboxylic acids is 1. The van der Waals surface area contributed by atoms with Crippen molar-refractivity contribution >= 4 is 22.4 Å². The van der Waals surface area contributed by atoms with Gasteiger partial charge in [-0.1, -0.05) is 6.92 Å². The van der Waals surface area contributed by atoms with E-state index in [1.54, 1.807) is 16.0 Å². The number of anilines is 1. The topological polar surface area (TPSA) is 63.1 Å². The summed E-state index contributed by atoms with van der Waals surface area (Å²) >= 11 is 1.63. The molecule has 1 aliphatic carbocycles. The van der Waals surface area contributed by atoms with Gasteiger partial charge >= 0.3 is 0 Å². The van der Waals surface area contributed by atoms with Crippen molar-refractivity contribution in [3.05, 3.63) is 28.5 Å². The molecule has 130 valence electrons. The van der Waals surface area contributed by atoms with Crippen LogP contribution in [0, 0.1) is 5.92 Å². The first-order valence-electron chi connectivity index (χ1n) is 8.44. The standard InChI is InChI=1S/C17H25N5OS/c1-12-4-5-14-15(8-12)24-17(19-14)20-16(23)11-21(2)7-6-13-9-18-22(3)10-13/h9-10,12H,4-8,11H2,1-3H3,(H,19,20,23). The van der Waals surface area contributed by atoms with Crippen LogP contribution < -0.4 is 5.32 Å². The minimum atomic E-state index is 0.00262. The van der Waals surface area contributed by atoms with Crippen molar-refractivity contribution in [2.75, 3.05) is 25.5 Å². The van der Waals surface area contributed by atoms with Gasteiger partial charge in [-0.3, -0.25) is 14.4 Å². The van der Waals surface area contributed by atoms with Crippen molar-refractivity contribution in [2.24, 2.45) is 13.0 Å². The summed E-state index contributed by atoms with van der Waals surface area (Å²) in [4.78, 5) is 20.2. The van der Waals surface area contributed by atoms with Crippen molar-refractivity contribution in [3.63, 3.8) is 0 Å². The first kappa shape index (κ1) is 17.1. The van der Waals surface area contributed by atoms with Gasteiger partial charge in [-0.15, -0.1) is 11.3 Å². The molecule has 24 heavy (non-hydrogen) atoms. The largest absolute Gasteiger partial charge is 0.301 e. The van der Waals surface area contributed by atoms with Crippen LogP contribution in [0.3, 0.4) is 0 Å². The molecule has 0 spiro atoms. The van der Waals surface area contributed by atoms with Crippen LogP contribution in [0.5, 0.6) is 0 Å². The molecule has 0 bridgehead atoms. The first-order chi connectivity index (χ1) is 11.5. The van der Waals surface area contributed by atoms with Gasteiger partial charge in [0.15, 0.2) is 5.13 Å². The van der Waals surface area contributed by atoms with Crippen molar-refractivity contribution in [3.8, 4) is 0 Å². The average Bonchev–Trinajstić information content (AvgIpc) is 3.10. The molecule has 1 unspecified atom stereocenters. The Kier molecular flexibility index (Phi) is 5.30. The van der Waals surface area contributed by atoms with Crippen molar-refractivity contribution in [1.29, 1.82) is 0 Å². The van der Waals surface area contributed by atoms with Crippen molar-refractivity contribution in [1.82, 2.24) is 19.7 Å². The molecule has 2 heterocycles. The van der Waals surface area contributed by atoms with E-state index in [4.69, 9.17) is 0 Å². The second kappa shape index (κ2) is 7.44. The number of nitrogens with one attached hydrogen (secondary N) is 1. The summed E-state index contributed by atoms with van der Waals surface area (Å²) in [6.07, 6.45) is 8.09. The van der Waals surface area contributed by atoms with E-state index in [9.17, 15) is 4.79 Å². The normalized spacial score (nSPS) is 17.1. The minimum absolute atomic E-state index is 0.00262. The average molecular weight is 347 g/mol. The quantitative estimate of drug-likeness (QED) is 0.869. The molecule has 1 amide bonds. The van der Waals surface area contributed by atoms with Gasteiger partial charge in [0.2, 0.25) is 5.91 Å². The van der Waals surface area contributed by atoms with E-state index in [-0.39, 0.29) is 5.91 Å².